The summed E-state index contributed by atoms with van der Waals surface area (Å²) < 4.78 is 11.2. The van der Waals surface area contributed by atoms with Crippen molar-refractivity contribution in [2.24, 2.45) is 0 Å². The Morgan fingerprint density at radius 3 is 2.50 bits per heavy atom. The van der Waals surface area contributed by atoms with Crippen LogP contribution in [-0.2, 0) is 4.74 Å². The molecule has 1 aliphatic carbocycles. The van der Waals surface area contributed by atoms with Crippen molar-refractivity contribution in [3.63, 3.8) is 0 Å². The molecule has 3 nitrogen and oxygen atoms in total. The lowest BCUT2D eigenvalue weighted by Crippen LogP contribution is -2.28. The maximum Gasteiger partial charge on any atom is 0.191 e. The highest BCUT2D eigenvalue weighted by molar-refractivity contribution is 5.99. The molecule has 96 valence electrons. The molecule has 0 aromatic heterocycles. The number of rotatable bonds is 4. The van der Waals surface area contributed by atoms with E-state index in [0.717, 1.165) is 43.4 Å². The second kappa shape index (κ2) is 5.11. The molecule has 1 aliphatic heterocycles. The van der Waals surface area contributed by atoms with Gasteiger partial charge in [0, 0.05) is 12.2 Å². The van der Waals surface area contributed by atoms with Crippen molar-refractivity contribution in [2.45, 2.75) is 44.3 Å². The maximum atomic E-state index is 12.2. The predicted octanol–water partition coefficient (Wildman–Crippen LogP) is 2.98. The normalized spacial score (nSPS) is 23.7. The van der Waals surface area contributed by atoms with Crippen LogP contribution >= 0.6 is 0 Å². The maximum absolute atomic E-state index is 12.2. The Hall–Kier alpha value is -1.35. The van der Waals surface area contributed by atoms with Crippen LogP contribution < -0.4 is 4.74 Å². The monoisotopic (exact) mass is 246 g/mol. The summed E-state index contributed by atoms with van der Waals surface area (Å²) in [7, 11) is 0. The Balaban J connectivity index is 1.65. The Morgan fingerprint density at radius 2 is 1.89 bits per heavy atom. The van der Waals surface area contributed by atoms with Gasteiger partial charge in [0.15, 0.2) is 5.78 Å². The fourth-order valence-electron chi connectivity index (χ4n) is 2.21. The Kier molecular flexibility index (Phi) is 3.33. The number of ketones is 1. The van der Waals surface area contributed by atoms with Crippen LogP contribution in [0.25, 0.3) is 0 Å². The van der Waals surface area contributed by atoms with Gasteiger partial charge >= 0.3 is 0 Å². The first-order valence-corrected chi connectivity index (χ1v) is 6.75. The molecule has 1 unspecified atom stereocenters. The van der Waals surface area contributed by atoms with Crippen molar-refractivity contribution in [1.82, 2.24) is 0 Å². The fourth-order valence-corrected chi connectivity index (χ4v) is 2.21. The summed E-state index contributed by atoms with van der Waals surface area (Å²) in [5.74, 6) is 0.964. The van der Waals surface area contributed by atoms with Gasteiger partial charge in [-0.05, 0) is 56.4 Å². The van der Waals surface area contributed by atoms with Crippen LogP contribution in [0.3, 0.4) is 0 Å². The molecule has 0 N–H and O–H groups in total. The van der Waals surface area contributed by atoms with Crippen LogP contribution in [0, 0.1) is 0 Å². The standard InChI is InChI=1S/C15H18O3/c16-15(14-3-1-2-10-17-14)11-4-6-12(7-5-11)18-13-8-9-13/h4-7,13-14H,1-3,8-10H2. The van der Waals surface area contributed by atoms with Crippen LogP contribution in [0.15, 0.2) is 24.3 Å². The van der Waals surface area contributed by atoms with Gasteiger partial charge in [0.1, 0.15) is 11.9 Å². The largest absolute Gasteiger partial charge is 0.490 e. The number of hydrogen-bond acceptors (Lipinski definition) is 3. The first-order valence-electron chi connectivity index (χ1n) is 6.75. The minimum atomic E-state index is -0.242. The minimum absolute atomic E-state index is 0.104. The Morgan fingerprint density at radius 1 is 1.11 bits per heavy atom. The topological polar surface area (TPSA) is 35.5 Å². The summed E-state index contributed by atoms with van der Waals surface area (Å²) in [6.07, 6.45) is 5.45. The zero-order chi connectivity index (χ0) is 12.4. The zero-order valence-electron chi connectivity index (χ0n) is 10.4. The molecule has 3 heteroatoms. The summed E-state index contributed by atoms with van der Waals surface area (Å²) in [6.45, 7) is 0.708. The quantitative estimate of drug-likeness (QED) is 0.766. The second-order valence-corrected chi connectivity index (χ2v) is 5.06. The molecule has 1 saturated carbocycles. The Bertz CT molecular complexity index is 414. The molecule has 0 amide bonds. The van der Waals surface area contributed by atoms with Crippen molar-refractivity contribution >= 4 is 5.78 Å². The van der Waals surface area contributed by atoms with Crippen molar-refractivity contribution in [3.8, 4) is 5.75 Å². The third-order valence-corrected chi connectivity index (χ3v) is 3.44. The van der Waals surface area contributed by atoms with Gasteiger partial charge in [0.05, 0.1) is 6.10 Å². The van der Waals surface area contributed by atoms with Crippen molar-refractivity contribution < 1.29 is 14.3 Å². The van der Waals surface area contributed by atoms with Crippen LogP contribution in [0.2, 0.25) is 0 Å². The summed E-state index contributed by atoms with van der Waals surface area (Å²) in [5, 5.41) is 0. The van der Waals surface area contributed by atoms with Crippen molar-refractivity contribution in [3.05, 3.63) is 29.8 Å². The third kappa shape index (κ3) is 2.72. The van der Waals surface area contributed by atoms with E-state index in [2.05, 4.69) is 0 Å². The van der Waals surface area contributed by atoms with E-state index in [1.54, 1.807) is 0 Å². The number of carbonyl (C=O) groups is 1. The van der Waals surface area contributed by atoms with Gasteiger partial charge in [0.2, 0.25) is 0 Å². The second-order valence-electron chi connectivity index (χ2n) is 5.06. The lowest BCUT2D eigenvalue weighted by Gasteiger charge is -2.21. The van der Waals surface area contributed by atoms with E-state index in [-0.39, 0.29) is 11.9 Å². The molecule has 1 atom stereocenters. The third-order valence-electron chi connectivity index (χ3n) is 3.44. The molecular formula is C15H18O3. The van der Waals surface area contributed by atoms with Gasteiger partial charge in [-0.2, -0.15) is 0 Å². The minimum Gasteiger partial charge on any atom is -0.490 e. The highest BCUT2D eigenvalue weighted by atomic mass is 16.5. The highest BCUT2D eigenvalue weighted by Crippen LogP contribution is 2.27. The van der Waals surface area contributed by atoms with Crippen LogP contribution in [0.1, 0.15) is 42.5 Å². The lowest BCUT2D eigenvalue weighted by atomic mass is 10.00. The summed E-state index contributed by atoms with van der Waals surface area (Å²) >= 11 is 0. The zero-order valence-corrected chi connectivity index (χ0v) is 10.4. The first kappa shape index (κ1) is 11.7. The molecule has 2 fully saturated rings. The SMILES string of the molecule is O=C(c1ccc(OC2CC2)cc1)C1CCCCO1. The number of carbonyl (C=O) groups excluding carboxylic acids is 1. The average molecular weight is 246 g/mol. The molecule has 0 spiro atoms. The van der Waals surface area contributed by atoms with Gasteiger partial charge < -0.3 is 9.47 Å². The number of ether oxygens (including phenoxy) is 2. The van der Waals surface area contributed by atoms with Gasteiger partial charge in [0.25, 0.3) is 0 Å². The van der Waals surface area contributed by atoms with Crippen LogP contribution in [0.4, 0.5) is 0 Å². The van der Waals surface area contributed by atoms with Gasteiger partial charge in [-0.3, -0.25) is 4.79 Å². The molecule has 0 bridgehead atoms. The van der Waals surface area contributed by atoms with E-state index in [4.69, 9.17) is 9.47 Å². The van der Waals surface area contributed by atoms with E-state index in [0.29, 0.717) is 12.7 Å². The van der Waals surface area contributed by atoms with Crippen LogP contribution in [-0.4, -0.2) is 24.6 Å². The van der Waals surface area contributed by atoms with Gasteiger partial charge in [-0.15, -0.1) is 0 Å². The van der Waals surface area contributed by atoms with E-state index in [1.165, 1.54) is 0 Å². The lowest BCUT2D eigenvalue weighted by molar-refractivity contribution is 0.0186. The van der Waals surface area contributed by atoms with Crippen molar-refractivity contribution in [2.75, 3.05) is 6.61 Å². The summed E-state index contributed by atoms with van der Waals surface area (Å²) in [6, 6.07) is 7.46. The van der Waals surface area contributed by atoms with Gasteiger partial charge in [-0.1, -0.05) is 0 Å². The van der Waals surface area contributed by atoms with E-state index in [9.17, 15) is 4.79 Å². The number of hydrogen-bond donors (Lipinski definition) is 0. The van der Waals surface area contributed by atoms with E-state index >= 15 is 0 Å². The molecule has 1 aromatic carbocycles. The van der Waals surface area contributed by atoms with Gasteiger partial charge in [-0.25, -0.2) is 0 Å². The highest BCUT2D eigenvalue weighted by Gasteiger charge is 2.25. The summed E-state index contributed by atoms with van der Waals surface area (Å²) in [5.41, 5.74) is 0.727. The fraction of sp³-hybridized carbons (Fsp3) is 0.533. The summed E-state index contributed by atoms with van der Waals surface area (Å²) in [4.78, 5) is 12.2. The molecule has 1 heterocycles. The smallest absolute Gasteiger partial charge is 0.191 e. The molecule has 1 saturated heterocycles. The number of Topliss-reactive ketones (excluding diaryl/α,β-unsaturated/α-hetero) is 1. The Labute approximate surface area is 107 Å². The van der Waals surface area contributed by atoms with E-state index < -0.39 is 0 Å². The predicted molar refractivity (Wildman–Crippen MR) is 68.0 cm³/mol. The van der Waals surface area contributed by atoms with Crippen molar-refractivity contribution in [1.29, 1.82) is 0 Å². The molecule has 3 rings (SSSR count). The average Bonchev–Trinajstić information content (AvgIpc) is 3.24. The molecule has 18 heavy (non-hydrogen) atoms. The first-order chi connectivity index (χ1) is 8.83. The van der Waals surface area contributed by atoms with E-state index in [1.807, 2.05) is 24.3 Å². The number of benzene rings is 1. The molecule has 0 radical (unpaired) electrons. The molecule has 2 aliphatic rings. The molecule has 1 aromatic rings. The van der Waals surface area contributed by atoms with Crippen LogP contribution in [0.5, 0.6) is 5.75 Å². The molecular weight excluding hydrogens is 228 g/mol.